The number of aliphatic hydroxyl groups is 1. The van der Waals surface area contributed by atoms with E-state index in [1.54, 1.807) is 42.5 Å². The van der Waals surface area contributed by atoms with E-state index in [1.807, 2.05) is 13.8 Å². The van der Waals surface area contributed by atoms with Crippen LogP contribution in [0.2, 0.25) is 0 Å². The summed E-state index contributed by atoms with van der Waals surface area (Å²) in [7, 11) is 0. The fourth-order valence-electron chi connectivity index (χ4n) is 3.30. The average Bonchev–Trinajstić information content (AvgIpc) is 2.90. The maximum atomic E-state index is 12.2. The Kier molecular flexibility index (Phi) is 9.68. The SMILES string of the molecule is Cc1cc(C#N)cc(C)c1Oc1nc(Nc2ccc(C#N)cc2)ncc1/C=C/C(=O)NCCOCCO. The number of aromatic nitrogens is 2. The molecule has 0 aliphatic carbocycles. The number of aliphatic hydroxyl groups excluding tert-OH is 1. The summed E-state index contributed by atoms with van der Waals surface area (Å²) in [5.74, 6) is 0.662. The Morgan fingerprint density at radius 1 is 1.08 bits per heavy atom. The summed E-state index contributed by atoms with van der Waals surface area (Å²) in [4.78, 5) is 21.0. The number of nitriles is 2. The maximum Gasteiger partial charge on any atom is 0.244 e. The van der Waals surface area contributed by atoms with Gasteiger partial charge in [-0.15, -0.1) is 0 Å². The summed E-state index contributed by atoms with van der Waals surface area (Å²) >= 11 is 0. The van der Waals surface area contributed by atoms with Crippen LogP contribution in [0.4, 0.5) is 11.6 Å². The summed E-state index contributed by atoms with van der Waals surface area (Å²) < 4.78 is 11.3. The highest BCUT2D eigenvalue weighted by molar-refractivity contribution is 5.92. The molecule has 188 valence electrons. The predicted octanol–water partition coefficient (Wildman–Crippen LogP) is 3.51. The lowest BCUT2D eigenvalue weighted by Crippen LogP contribution is -2.25. The maximum absolute atomic E-state index is 12.2. The number of anilines is 2. The van der Waals surface area contributed by atoms with E-state index in [0.717, 1.165) is 11.1 Å². The first-order chi connectivity index (χ1) is 17.9. The second kappa shape index (κ2) is 13.4. The number of amides is 1. The molecule has 0 fully saturated rings. The number of aryl methyl sites for hydroxylation is 2. The first kappa shape index (κ1) is 26.8. The zero-order chi connectivity index (χ0) is 26.6. The van der Waals surface area contributed by atoms with Crippen molar-refractivity contribution in [2.45, 2.75) is 13.8 Å². The highest BCUT2D eigenvalue weighted by Crippen LogP contribution is 2.32. The molecule has 37 heavy (non-hydrogen) atoms. The molecule has 0 atom stereocenters. The molecule has 10 nitrogen and oxygen atoms in total. The monoisotopic (exact) mass is 498 g/mol. The number of ether oxygens (including phenoxy) is 2. The van der Waals surface area contributed by atoms with Crippen LogP contribution in [0, 0.1) is 36.5 Å². The van der Waals surface area contributed by atoms with E-state index in [0.29, 0.717) is 34.7 Å². The molecule has 10 heteroatoms. The number of rotatable bonds is 11. The topological polar surface area (TPSA) is 153 Å². The standard InChI is InChI=1S/C27H26N6O4/c1-18-13-21(16-29)14-19(2)25(18)37-26-22(5-8-24(35)30-9-11-36-12-10-34)17-31-27(33-26)32-23-6-3-20(15-28)4-7-23/h3-8,13-14,17,34H,9-12H2,1-2H3,(H,30,35)(H,31,32,33)/b8-5+. The molecule has 0 spiro atoms. The van der Waals surface area contributed by atoms with Crippen molar-refractivity contribution in [2.24, 2.45) is 0 Å². The minimum atomic E-state index is -0.343. The fraction of sp³-hybridized carbons (Fsp3) is 0.222. The van der Waals surface area contributed by atoms with Gasteiger partial charge in [0.05, 0.1) is 48.6 Å². The lowest BCUT2D eigenvalue weighted by Gasteiger charge is -2.14. The Morgan fingerprint density at radius 3 is 2.43 bits per heavy atom. The summed E-state index contributed by atoms with van der Waals surface area (Å²) in [6.07, 6.45) is 4.40. The van der Waals surface area contributed by atoms with Gasteiger partial charge in [-0.05, 0) is 67.4 Å². The van der Waals surface area contributed by atoms with Crippen LogP contribution < -0.4 is 15.4 Å². The molecule has 3 aromatic rings. The smallest absolute Gasteiger partial charge is 0.244 e. The zero-order valence-electron chi connectivity index (χ0n) is 20.5. The normalized spacial score (nSPS) is 10.5. The number of carbonyl (C=O) groups is 1. The van der Waals surface area contributed by atoms with E-state index in [4.69, 9.17) is 19.8 Å². The first-order valence-electron chi connectivity index (χ1n) is 11.4. The van der Waals surface area contributed by atoms with Crippen molar-refractivity contribution in [3.63, 3.8) is 0 Å². The predicted molar refractivity (Wildman–Crippen MR) is 137 cm³/mol. The molecule has 0 aliphatic rings. The van der Waals surface area contributed by atoms with Crippen LogP contribution in [0.15, 0.2) is 48.7 Å². The number of hydrogen-bond acceptors (Lipinski definition) is 9. The Morgan fingerprint density at radius 2 is 1.78 bits per heavy atom. The minimum absolute atomic E-state index is 0.0785. The van der Waals surface area contributed by atoms with Gasteiger partial charge in [0, 0.05) is 24.5 Å². The van der Waals surface area contributed by atoms with Gasteiger partial charge in [0.2, 0.25) is 17.7 Å². The van der Waals surface area contributed by atoms with Crippen molar-refractivity contribution in [3.05, 3.63) is 76.5 Å². The summed E-state index contributed by atoms with van der Waals surface area (Å²) in [5, 5.41) is 32.7. The molecule has 1 aromatic heterocycles. The third-order valence-electron chi connectivity index (χ3n) is 5.03. The third kappa shape index (κ3) is 7.87. The van der Waals surface area contributed by atoms with Gasteiger partial charge >= 0.3 is 0 Å². The lowest BCUT2D eigenvalue weighted by atomic mass is 10.1. The van der Waals surface area contributed by atoms with Crippen LogP contribution in [0.5, 0.6) is 11.6 Å². The number of nitrogens with zero attached hydrogens (tertiary/aromatic N) is 4. The van der Waals surface area contributed by atoms with Crippen molar-refractivity contribution in [1.82, 2.24) is 15.3 Å². The highest BCUT2D eigenvalue weighted by atomic mass is 16.5. The molecule has 1 amide bonds. The van der Waals surface area contributed by atoms with E-state index in [9.17, 15) is 10.1 Å². The number of benzene rings is 2. The van der Waals surface area contributed by atoms with Crippen LogP contribution in [-0.2, 0) is 9.53 Å². The van der Waals surface area contributed by atoms with Crippen molar-refractivity contribution in [2.75, 3.05) is 31.7 Å². The van der Waals surface area contributed by atoms with Crippen molar-refractivity contribution < 1.29 is 19.4 Å². The van der Waals surface area contributed by atoms with E-state index < -0.39 is 0 Å². The van der Waals surface area contributed by atoms with E-state index in [-0.39, 0.29) is 37.6 Å². The summed E-state index contributed by atoms with van der Waals surface area (Å²) in [6.45, 7) is 4.38. The molecule has 3 rings (SSSR count). The van der Waals surface area contributed by atoms with Gasteiger partial charge in [-0.1, -0.05) is 0 Å². The number of nitrogens with one attached hydrogen (secondary N) is 2. The quantitative estimate of drug-likeness (QED) is 0.266. The van der Waals surface area contributed by atoms with Crippen molar-refractivity contribution in [1.29, 1.82) is 10.5 Å². The van der Waals surface area contributed by atoms with Gasteiger partial charge in [0.1, 0.15) is 5.75 Å². The molecule has 0 saturated heterocycles. The Bertz CT molecular complexity index is 1330. The molecule has 0 bridgehead atoms. The van der Waals surface area contributed by atoms with Crippen LogP contribution in [0.25, 0.3) is 6.08 Å². The van der Waals surface area contributed by atoms with E-state index in [1.165, 1.54) is 12.3 Å². The average molecular weight is 499 g/mol. The Hall–Kier alpha value is -4.77. The Labute approximate surface area is 214 Å². The van der Waals surface area contributed by atoms with Gasteiger partial charge in [0.25, 0.3) is 0 Å². The van der Waals surface area contributed by atoms with E-state index in [2.05, 4.69) is 32.7 Å². The fourth-order valence-corrected chi connectivity index (χ4v) is 3.30. The van der Waals surface area contributed by atoms with Crippen LogP contribution >= 0.6 is 0 Å². The lowest BCUT2D eigenvalue weighted by molar-refractivity contribution is -0.116. The molecule has 3 N–H and O–H groups in total. The van der Waals surface area contributed by atoms with Crippen LogP contribution in [-0.4, -0.2) is 47.3 Å². The van der Waals surface area contributed by atoms with Gasteiger partial charge in [-0.3, -0.25) is 4.79 Å². The third-order valence-corrected chi connectivity index (χ3v) is 5.03. The van der Waals surface area contributed by atoms with E-state index >= 15 is 0 Å². The molecular weight excluding hydrogens is 472 g/mol. The molecule has 0 saturated carbocycles. The van der Waals surface area contributed by atoms with Gasteiger partial charge in [-0.25, -0.2) is 4.98 Å². The minimum Gasteiger partial charge on any atom is -0.438 e. The molecule has 0 radical (unpaired) electrons. The molecule has 0 aliphatic heterocycles. The summed E-state index contributed by atoms with van der Waals surface area (Å²) in [6, 6.07) is 14.5. The van der Waals surface area contributed by atoms with Gasteiger partial charge in [0.15, 0.2) is 0 Å². The largest absolute Gasteiger partial charge is 0.438 e. The molecular formula is C27H26N6O4. The van der Waals surface area contributed by atoms with Crippen LogP contribution in [0.3, 0.4) is 0 Å². The van der Waals surface area contributed by atoms with Gasteiger partial charge in [-0.2, -0.15) is 15.5 Å². The zero-order valence-corrected chi connectivity index (χ0v) is 20.5. The van der Waals surface area contributed by atoms with Crippen LogP contribution in [0.1, 0.15) is 27.8 Å². The van der Waals surface area contributed by atoms with Crippen molar-refractivity contribution >= 4 is 23.6 Å². The molecule has 2 aromatic carbocycles. The molecule has 1 heterocycles. The highest BCUT2D eigenvalue weighted by Gasteiger charge is 2.13. The Balaban J connectivity index is 1.86. The second-order valence-electron chi connectivity index (χ2n) is 7.88. The molecule has 0 unspecified atom stereocenters. The van der Waals surface area contributed by atoms with Gasteiger partial charge < -0.3 is 25.2 Å². The second-order valence-corrected chi connectivity index (χ2v) is 7.88. The van der Waals surface area contributed by atoms with Crippen molar-refractivity contribution in [3.8, 4) is 23.8 Å². The first-order valence-corrected chi connectivity index (χ1v) is 11.4. The number of carbonyl (C=O) groups excluding carboxylic acids is 1. The number of hydrogen-bond donors (Lipinski definition) is 3. The summed E-state index contributed by atoms with van der Waals surface area (Å²) in [5.41, 5.74) is 3.70.